The number of hydrogen-bond donors (Lipinski definition) is 0. The molecule has 1 aliphatic rings. The van der Waals surface area contributed by atoms with Crippen LogP contribution in [0.15, 0.2) is 25.0 Å². The van der Waals surface area contributed by atoms with Crippen LogP contribution in [0.2, 0.25) is 0 Å². The molecule has 1 aromatic heterocycles. The van der Waals surface area contributed by atoms with Crippen molar-refractivity contribution in [1.29, 1.82) is 0 Å². The van der Waals surface area contributed by atoms with Crippen molar-refractivity contribution in [3.63, 3.8) is 0 Å². The van der Waals surface area contributed by atoms with Gasteiger partial charge < -0.3 is 0 Å². The average molecular weight is 203 g/mol. The second-order valence-corrected chi connectivity index (χ2v) is 3.72. The Hall–Kier alpha value is -1.71. The van der Waals surface area contributed by atoms with Crippen LogP contribution in [0, 0.1) is 12.8 Å². The summed E-state index contributed by atoms with van der Waals surface area (Å²) < 4.78 is 0. The number of rotatable bonds is 2. The van der Waals surface area contributed by atoms with Crippen LogP contribution in [0.25, 0.3) is 0 Å². The van der Waals surface area contributed by atoms with Gasteiger partial charge in [-0.2, -0.15) is 0 Å². The van der Waals surface area contributed by atoms with Gasteiger partial charge in [0.2, 0.25) is 5.91 Å². The lowest BCUT2D eigenvalue weighted by atomic mass is 10.1. The van der Waals surface area contributed by atoms with E-state index in [9.17, 15) is 4.79 Å². The summed E-state index contributed by atoms with van der Waals surface area (Å²) in [5.74, 6) is 0.976. The van der Waals surface area contributed by atoms with Crippen molar-refractivity contribution in [1.82, 2.24) is 9.97 Å². The summed E-state index contributed by atoms with van der Waals surface area (Å²) in [6, 6.07) is 0. The monoisotopic (exact) mass is 203 g/mol. The first-order valence-electron chi connectivity index (χ1n) is 4.92. The van der Waals surface area contributed by atoms with E-state index >= 15 is 0 Å². The van der Waals surface area contributed by atoms with Gasteiger partial charge in [-0.05, 0) is 6.92 Å². The van der Waals surface area contributed by atoms with E-state index in [-0.39, 0.29) is 11.8 Å². The normalized spacial score (nSPS) is 20.7. The fourth-order valence-corrected chi connectivity index (χ4v) is 1.69. The minimum absolute atomic E-state index is 0.0970. The van der Waals surface area contributed by atoms with Crippen molar-refractivity contribution in [3.8, 4) is 0 Å². The Morgan fingerprint density at radius 2 is 2.40 bits per heavy atom. The number of aryl methyl sites for hydroxylation is 1. The number of carbonyl (C=O) groups is 1. The van der Waals surface area contributed by atoms with E-state index in [1.54, 1.807) is 17.3 Å². The molecule has 15 heavy (non-hydrogen) atoms. The molecule has 0 aliphatic carbocycles. The van der Waals surface area contributed by atoms with E-state index in [0.29, 0.717) is 18.8 Å². The molecule has 0 spiro atoms. The van der Waals surface area contributed by atoms with Crippen LogP contribution < -0.4 is 4.90 Å². The van der Waals surface area contributed by atoms with E-state index in [2.05, 4.69) is 16.5 Å². The van der Waals surface area contributed by atoms with Crippen LogP contribution in [0.4, 0.5) is 5.82 Å². The third-order valence-corrected chi connectivity index (χ3v) is 2.51. The Kier molecular flexibility index (Phi) is 2.49. The summed E-state index contributed by atoms with van der Waals surface area (Å²) in [6.45, 7) is 6.24. The maximum atomic E-state index is 11.7. The molecule has 1 unspecified atom stereocenters. The number of carbonyl (C=O) groups excluding carboxylic acids is 1. The molecule has 1 saturated heterocycles. The lowest BCUT2D eigenvalue weighted by Gasteiger charge is -2.14. The van der Waals surface area contributed by atoms with Crippen LogP contribution in [-0.2, 0) is 4.79 Å². The van der Waals surface area contributed by atoms with Crippen LogP contribution in [0.3, 0.4) is 0 Å². The highest BCUT2D eigenvalue weighted by Crippen LogP contribution is 2.23. The first-order chi connectivity index (χ1) is 7.20. The molecule has 1 aliphatic heterocycles. The Balaban J connectivity index is 2.25. The molecular formula is C11H13N3O. The average Bonchev–Trinajstić information content (AvgIpc) is 2.60. The van der Waals surface area contributed by atoms with Crippen LogP contribution >= 0.6 is 0 Å². The molecule has 2 heterocycles. The quantitative estimate of drug-likeness (QED) is 0.681. The van der Waals surface area contributed by atoms with Crippen LogP contribution in [0.1, 0.15) is 12.1 Å². The second-order valence-electron chi connectivity index (χ2n) is 3.72. The Morgan fingerprint density at radius 1 is 1.60 bits per heavy atom. The summed E-state index contributed by atoms with van der Waals surface area (Å²) >= 11 is 0. The van der Waals surface area contributed by atoms with Crippen LogP contribution in [0.5, 0.6) is 0 Å². The predicted molar refractivity (Wildman–Crippen MR) is 57.4 cm³/mol. The van der Waals surface area contributed by atoms with Gasteiger partial charge >= 0.3 is 0 Å². The van der Waals surface area contributed by atoms with E-state index < -0.39 is 0 Å². The Labute approximate surface area is 88.7 Å². The maximum absolute atomic E-state index is 11.7. The van der Waals surface area contributed by atoms with E-state index in [1.807, 2.05) is 13.0 Å². The van der Waals surface area contributed by atoms with Crippen molar-refractivity contribution in [2.45, 2.75) is 13.3 Å². The molecule has 0 aromatic carbocycles. The molecule has 4 heteroatoms. The fraction of sp³-hybridized carbons (Fsp3) is 0.364. The molecule has 78 valence electrons. The molecule has 0 saturated carbocycles. The molecule has 2 rings (SSSR count). The van der Waals surface area contributed by atoms with Gasteiger partial charge in [-0.15, -0.1) is 6.58 Å². The first kappa shape index (κ1) is 9.83. The molecule has 0 radical (unpaired) electrons. The number of nitrogens with zero attached hydrogens (tertiary/aromatic N) is 3. The van der Waals surface area contributed by atoms with Gasteiger partial charge in [-0.25, -0.2) is 4.98 Å². The van der Waals surface area contributed by atoms with E-state index in [0.717, 1.165) is 5.69 Å². The summed E-state index contributed by atoms with van der Waals surface area (Å²) in [5, 5.41) is 0. The third kappa shape index (κ3) is 1.88. The van der Waals surface area contributed by atoms with Crippen molar-refractivity contribution in [3.05, 3.63) is 30.7 Å². The number of anilines is 1. The van der Waals surface area contributed by atoms with Gasteiger partial charge in [0, 0.05) is 25.1 Å². The molecule has 1 aromatic rings. The van der Waals surface area contributed by atoms with Crippen molar-refractivity contribution in [2.75, 3.05) is 11.4 Å². The zero-order chi connectivity index (χ0) is 10.8. The van der Waals surface area contributed by atoms with Gasteiger partial charge in [-0.3, -0.25) is 14.7 Å². The number of amides is 1. The van der Waals surface area contributed by atoms with Gasteiger partial charge in [0.1, 0.15) is 0 Å². The molecule has 0 N–H and O–H groups in total. The van der Waals surface area contributed by atoms with Crippen molar-refractivity contribution >= 4 is 11.7 Å². The smallest absolute Gasteiger partial charge is 0.228 e. The lowest BCUT2D eigenvalue weighted by Crippen LogP contribution is -2.25. The molecular weight excluding hydrogens is 190 g/mol. The summed E-state index contributed by atoms with van der Waals surface area (Å²) in [7, 11) is 0. The zero-order valence-corrected chi connectivity index (χ0v) is 8.68. The molecule has 1 fully saturated rings. The van der Waals surface area contributed by atoms with Gasteiger partial charge in [-0.1, -0.05) is 6.08 Å². The Morgan fingerprint density at radius 3 is 3.00 bits per heavy atom. The summed E-state index contributed by atoms with van der Waals surface area (Å²) in [5.41, 5.74) is 0.822. The van der Waals surface area contributed by atoms with Gasteiger partial charge in [0.05, 0.1) is 11.9 Å². The summed E-state index contributed by atoms with van der Waals surface area (Å²) in [6.07, 6.45) is 5.64. The largest absolute Gasteiger partial charge is 0.295 e. The number of aromatic nitrogens is 2. The number of hydrogen-bond acceptors (Lipinski definition) is 3. The SMILES string of the molecule is C=CC1CC(=O)N(c2cncc(C)n2)C1. The fourth-order valence-electron chi connectivity index (χ4n) is 1.69. The standard InChI is InChI=1S/C11H13N3O/c1-3-9-4-11(15)14(7-9)10-6-12-5-8(2)13-10/h3,5-6,9H,1,4,7H2,2H3. The molecule has 0 bridgehead atoms. The second kappa shape index (κ2) is 3.81. The zero-order valence-electron chi connectivity index (χ0n) is 8.68. The first-order valence-corrected chi connectivity index (χ1v) is 4.92. The van der Waals surface area contributed by atoms with Gasteiger partial charge in [0.25, 0.3) is 0 Å². The molecule has 1 atom stereocenters. The van der Waals surface area contributed by atoms with Crippen LogP contribution in [-0.4, -0.2) is 22.4 Å². The van der Waals surface area contributed by atoms with Crippen molar-refractivity contribution < 1.29 is 4.79 Å². The van der Waals surface area contributed by atoms with Crippen molar-refractivity contribution in [2.24, 2.45) is 5.92 Å². The van der Waals surface area contributed by atoms with E-state index in [4.69, 9.17) is 0 Å². The van der Waals surface area contributed by atoms with E-state index in [1.165, 1.54) is 0 Å². The topological polar surface area (TPSA) is 46.1 Å². The highest BCUT2D eigenvalue weighted by Gasteiger charge is 2.29. The predicted octanol–water partition coefficient (Wildman–Crippen LogP) is 1.32. The summed E-state index contributed by atoms with van der Waals surface area (Å²) in [4.78, 5) is 21.7. The molecule has 1 amide bonds. The maximum Gasteiger partial charge on any atom is 0.228 e. The lowest BCUT2D eigenvalue weighted by molar-refractivity contribution is -0.117. The molecule has 4 nitrogen and oxygen atoms in total. The van der Waals surface area contributed by atoms with Gasteiger partial charge in [0.15, 0.2) is 5.82 Å². The highest BCUT2D eigenvalue weighted by atomic mass is 16.2. The third-order valence-electron chi connectivity index (χ3n) is 2.51. The highest BCUT2D eigenvalue weighted by molar-refractivity contribution is 5.94. The minimum atomic E-state index is 0.0970. The Bertz CT molecular complexity index is 403. The minimum Gasteiger partial charge on any atom is -0.295 e.